The third kappa shape index (κ3) is 2.75. The van der Waals surface area contributed by atoms with Gasteiger partial charge in [0.1, 0.15) is 11.6 Å². The van der Waals surface area contributed by atoms with E-state index in [2.05, 4.69) is 39.9 Å². The summed E-state index contributed by atoms with van der Waals surface area (Å²) in [4.78, 5) is 22.0. The highest BCUT2D eigenvalue weighted by Gasteiger charge is 2.25. The van der Waals surface area contributed by atoms with Gasteiger partial charge in [0.05, 0.1) is 22.3 Å². The molecule has 0 spiro atoms. The van der Waals surface area contributed by atoms with E-state index in [0.29, 0.717) is 23.2 Å². The first kappa shape index (κ1) is 16.9. The molecule has 7 nitrogen and oxygen atoms in total. The fourth-order valence-corrected chi connectivity index (χ4v) is 3.91. The Morgan fingerprint density at radius 3 is 2.82 bits per heavy atom. The van der Waals surface area contributed by atoms with Crippen molar-refractivity contribution in [1.82, 2.24) is 24.8 Å². The predicted octanol–water partition coefficient (Wildman–Crippen LogP) is 2.90. The molecule has 1 aromatic carbocycles. The fraction of sp³-hybridized carbons (Fsp3) is 0.286. The lowest BCUT2D eigenvalue weighted by Crippen LogP contribution is -2.31. The van der Waals surface area contributed by atoms with Gasteiger partial charge in [-0.25, -0.2) is 9.97 Å². The highest BCUT2D eigenvalue weighted by Crippen LogP contribution is 2.31. The maximum Gasteiger partial charge on any atom is 0.180 e. The number of benzene rings is 1. The standard InChI is InChI=1S/C21H23N7/c1-27(2)13-9-10-28(12-13)18-8-7-17-21(25-18)26-20(24-17)15-11-23-16-6-4-3-5-14(16)19(15)22/h3-8,11,13H,9-10,12H2,1-2H3,(H2,22,23)(H,24,25,26). The lowest BCUT2D eigenvalue weighted by molar-refractivity contribution is 0.315. The van der Waals surface area contributed by atoms with Gasteiger partial charge in [-0.05, 0) is 38.7 Å². The van der Waals surface area contributed by atoms with Crippen LogP contribution in [-0.2, 0) is 0 Å². The van der Waals surface area contributed by atoms with Crippen LogP contribution in [0, 0.1) is 0 Å². The van der Waals surface area contributed by atoms with Gasteiger partial charge in [-0.15, -0.1) is 0 Å². The van der Waals surface area contributed by atoms with Crippen molar-refractivity contribution in [2.24, 2.45) is 0 Å². The lowest BCUT2D eigenvalue weighted by Gasteiger charge is -2.20. The summed E-state index contributed by atoms with van der Waals surface area (Å²) in [6.07, 6.45) is 2.93. The molecule has 142 valence electrons. The van der Waals surface area contributed by atoms with Crippen molar-refractivity contribution >= 4 is 33.6 Å². The molecule has 3 N–H and O–H groups in total. The van der Waals surface area contributed by atoms with Gasteiger partial charge in [0.25, 0.3) is 0 Å². The summed E-state index contributed by atoms with van der Waals surface area (Å²) in [5.41, 5.74) is 10.4. The van der Waals surface area contributed by atoms with Crippen molar-refractivity contribution in [2.75, 3.05) is 37.8 Å². The molecule has 0 radical (unpaired) electrons. The zero-order valence-corrected chi connectivity index (χ0v) is 16.1. The molecular formula is C21H23N7. The topological polar surface area (TPSA) is 87.0 Å². The minimum Gasteiger partial charge on any atom is -0.398 e. The smallest absolute Gasteiger partial charge is 0.180 e. The van der Waals surface area contributed by atoms with Crippen LogP contribution in [0.4, 0.5) is 11.5 Å². The largest absolute Gasteiger partial charge is 0.398 e. The molecule has 3 aromatic heterocycles. The molecule has 1 aliphatic rings. The van der Waals surface area contributed by atoms with Gasteiger partial charge >= 0.3 is 0 Å². The van der Waals surface area contributed by atoms with Crippen molar-refractivity contribution in [3.8, 4) is 11.4 Å². The highest BCUT2D eigenvalue weighted by molar-refractivity contribution is 5.97. The fourth-order valence-electron chi connectivity index (χ4n) is 3.91. The second-order valence-electron chi connectivity index (χ2n) is 7.58. The molecule has 1 fully saturated rings. The average molecular weight is 373 g/mol. The van der Waals surface area contributed by atoms with E-state index in [1.165, 1.54) is 0 Å². The average Bonchev–Trinajstić information content (AvgIpc) is 3.35. The lowest BCUT2D eigenvalue weighted by atomic mass is 10.1. The van der Waals surface area contributed by atoms with E-state index in [4.69, 9.17) is 15.7 Å². The molecule has 4 aromatic rings. The maximum atomic E-state index is 6.41. The molecule has 0 saturated carbocycles. The van der Waals surface area contributed by atoms with Crippen LogP contribution in [0.1, 0.15) is 6.42 Å². The Hall–Kier alpha value is -3.19. The molecule has 1 saturated heterocycles. The second-order valence-corrected chi connectivity index (χ2v) is 7.58. The van der Waals surface area contributed by atoms with Crippen molar-refractivity contribution in [3.05, 3.63) is 42.6 Å². The first-order valence-electron chi connectivity index (χ1n) is 9.52. The number of hydrogen-bond acceptors (Lipinski definition) is 6. The first-order chi connectivity index (χ1) is 13.6. The van der Waals surface area contributed by atoms with Gasteiger partial charge in [0, 0.05) is 30.7 Å². The van der Waals surface area contributed by atoms with Crippen LogP contribution in [0.2, 0.25) is 0 Å². The summed E-state index contributed by atoms with van der Waals surface area (Å²) in [6, 6.07) is 12.5. The third-order valence-electron chi connectivity index (χ3n) is 5.62. The number of nitrogen functional groups attached to an aromatic ring is 1. The van der Waals surface area contributed by atoms with Gasteiger partial charge in [-0.2, -0.15) is 0 Å². The summed E-state index contributed by atoms with van der Waals surface area (Å²) in [5, 5.41) is 0.931. The molecule has 0 aliphatic carbocycles. The van der Waals surface area contributed by atoms with Crippen LogP contribution in [0.15, 0.2) is 42.6 Å². The first-order valence-corrected chi connectivity index (χ1v) is 9.52. The van der Waals surface area contributed by atoms with E-state index in [-0.39, 0.29) is 0 Å². The molecule has 0 amide bonds. The number of anilines is 2. The zero-order chi connectivity index (χ0) is 19.3. The van der Waals surface area contributed by atoms with Crippen LogP contribution in [0.25, 0.3) is 33.5 Å². The van der Waals surface area contributed by atoms with Gasteiger partial charge in [0.2, 0.25) is 0 Å². The van der Waals surface area contributed by atoms with Crippen LogP contribution in [0.3, 0.4) is 0 Å². The Kier molecular flexibility index (Phi) is 3.91. The van der Waals surface area contributed by atoms with Crippen LogP contribution in [-0.4, -0.2) is 58.1 Å². The molecule has 5 rings (SSSR count). The number of para-hydroxylation sites is 1. The summed E-state index contributed by atoms with van der Waals surface area (Å²) in [7, 11) is 4.26. The summed E-state index contributed by atoms with van der Waals surface area (Å²) < 4.78 is 0. The molecule has 1 aliphatic heterocycles. The minimum absolute atomic E-state index is 0.565. The number of fused-ring (bicyclic) bond motifs is 2. The van der Waals surface area contributed by atoms with Gasteiger partial charge in [-0.3, -0.25) is 4.98 Å². The minimum atomic E-state index is 0.565. The predicted molar refractivity (Wildman–Crippen MR) is 113 cm³/mol. The Balaban J connectivity index is 1.52. The number of rotatable bonds is 3. The summed E-state index contributed by atoms with van der Waals surface area (Å²) >= 11 is 0. The molecular weight excluding hydrogens is 350 g/mol. The van der Waals surface area contributed by atoms with Crippen molar-refractivity contribution in [2.45, 2.75) is 12.5 Å². The quantitative estimate of drug-likeness (QED) is 0.574. The van der Waals surface area contributed by atoms with Crippen molar-refractivity contribution < 1.29 is 0 Å². The van der Waals surface area contributed by atoms with E-state index in [9.17, 15) is 0 Å². The number of aromatic amines is 1. The van der Waals surface area contributed by atoms with Crippen LogP contribution in [0.5, 0.6) is 0 Å². The molecule has 28 heavy (non-hydrogen) atoms. The Labute approximate surface area is 163 Å². The van der Waals surface area contributed by atoms with E-state index >= 15 is 0 Å². The summed E-state index contributed by atoms with van der Waals surface area (Å²) in [5.74, 6) is 1.67. The number of imidazole rings is 1. The molecule has 4 heterocycles. The zero-order valence-electron chi connectivity index (χ0n) is 16.1. The monoisotopic (exact) mass is 373 g/mol. The van der Waals surface area contributed by atoms with Gasteiger partial charge in [0.15, 0.2) is 5.65 Å². The Morgan fingerprint density at radius 1 is 1.14 bits per heavy atom. The van der Waals surface area contributed by atoms with Gasteiger partial charge < -0.3 is 20.5 Å². The van der Waals surface area contributed by atoms with E-state index in [1.807, 2.05) is 30.3 Å². The number of likely N-dealkylation sites (N-methyl/N-ethyl adjacent to an activating group) is 1. The molecule has 1 atom stereocenters. The van der Waals surface area contributed by atoms with Crippen LogP contribution < -0.4 is 10.6 Å². The number of hydrogen-bond donors (Lipinski definition) is 2. The molecule has 7 heteroatoms. The maximum absolute atomic E-state index is 6.41. The van der Waals surface area contributed by atoms with Gasteiger partial charge in [-0.1, -0.05) is 18.2 Å². The number of nitrogens with zero attached hydrogens (tertiary/aromatic N) is 5. The number of H-pyrrole nitrogens is 1. The van der Waals surface area contributed by atoms with Crippen LogP contribution >= 0.6 is 0 Å². The number of nitrogens with two attached hydrogens (primary N) is 1. The molecule has 0 bridgehead atoms. The third-order valence-corrected chi connectivity index (χ3v) is 5.62. The SMILES string of the molecule is CN(C)C1CCN(c2ccc3[nH]c(-c4cnc5ccccc5c4N)nc3n2)C1. The number of aromatic nitrogens is 4. The highest BCUT2D eigenvalue weighted by atomic mass is 15.3. The van der Waals surface area contributed by atoms with Crippen molar-refractivity contribution in [3.63, 3.8) is 0 Å². The van der Waals surface area contributed by atoms with E-state index in [0.717, 1.165) is 47.3 Å². The second kappa shape index (κ2) is 6.45. The Morgan fingerprint density at radius 2 is 2.00 bits per heavy atom. The van der Waals surface area contributed by atoms with Crippen molar-refractivity contribution in [1.29, 1.82) is 0 Å². The molecule has 1 unspecified atom stereocenters. The summed E-state index contributed by atoms with van der Waals surface area (Å²) in [6.45, 7) is 2.00. The van der Waals surface area contributed by atoms with E-state index in [1.54, 1.807) is 6.20 Å². The Bertz CT molecular complexity index is 1160. The number of nitrogens with one attached hydrogen (secondary N) is 1. The normalized spacial score (nSPS) is 17.2. The van der Waals surface area contributed by atoms with E-state index < -0.39 is 0 Å². The number of pyridine rings is 2.